The van der Waals surface area contributed by atoms with Crippen molar-refractivity contribution >= 4 is 40.3 Å². The van der Waals surface area contributed by atoms with Gasteiger partial charge in [-0.25, -0.2) is 0 Å². The van der Waals surface area contributed by atoms with Crippen molar-refractivity contribution in [3.63, 3.8) is 0 Å². The van der Waals surface area contributed by atoms with E-state index in [4.69, 9.17) is 0 Å². The van der Waals surface area contributed by atoms with Gasteiger partial charge in [-0.05, 0) is 63.4 Å². The minimum Gasteiger partial charge on any atom is -0.361 e. The molecule has 40 heavy (non-hydrogen) atoms. The second-order valence-corrected chi connectivity index (χ2v) is 11.1. The van der Waals surface area contributed by atoms with E-state index in [1.807, 2.05) is 36.4 Å². The lowest BCUT2D eigenvalue weighted by Crippen LogP contribution is -2.56. The minimum absolute atomic E-state index is 0.0237. The fourth-order valence-corrected chi connectivity index (χ4v) is 4.71. The van der Waals surface area contributed by atoms with Crippen LogP contribution in [0.2, 0.25) is 0 Å². The zero-order valence-corrected chi connectivity index (χ0v) is 22.9. The molecule has 1 fully saturated rings. The zero-order chi connectivity index (χ0) is 28.9. The first-order valence-corrected chi connectivity index (χ1v) is 13.4. The van der Waals surface area contributed by atoms with Crippen LogP contribution in [0.25, 0.3) is 10.9 Å². The van der Waals surface area contributed by atoms with Gasteiger partial charge in [-0.1, -0.05) is 30.3 Å². The largest absolute Gasteiger partial charge is 0.361 e. The van der Waals surface area contributed by atoms with Crippen LogP contribution in [0.15, 0.2) is 60.8 Å². The van der Waals surface area contributed by atoms with Gasteiger partial charge in [0.15, 0.2) is 0 Å². The third-order valence-corrected chi connectivity index (χ3v) is 6.75. The highest BCUT2D eigenvalue weighted by molar-refractivity contribution is 6.38. The van der Waals surface area contributed by atoms with Gasteiger partial charge in [-0.2, -0.15) is 0 Å². The Labute approximate surface area is 232 Å². The molecule has 0 unspecified atom stereocenters. The molecule has 0 spiro atoms. The SMILES string of the molecule is CC(C)(C)NC(=O)C(=O)[C@H](C[C@@H]1CCNC1=O)NC(=O)[C@H](Cc1ccccc1)NC(=O)c1ccc2[nH]ccc2c1. The van der Waals surface area contributed by atoms with Crippen LogP contribution in [0, 0.1) is 5.92 Å². The number of aromatic nitrogens is 1. The lowest BCUT2D eigenvalue weighted by atomic mass is 9.94. The van der Waals surface area contributed by atoms with Crippen LogP contribution in [0.5, 0.6) is 0 Å². The van der Waals surface area contributed by atoms with E-state index in [2.05, 4.69) is 26.3 Å². The first-order chi connectivity index (χ1) is 19.0. The first kappa shape index (κ1) is 28.5. The lowest BCUT2D eigenvalue weighted by Gasteiger charge is -2.26. The number of hydrogen-bond donors (Lipinski definition) is 5. The molecule has 0 radical (unpaired) electrons. The normalized spacial score (nSPS) is 16.6. The number of nitrogens with one attached hydrogen (secondary N) is 5. The molecule has 4 rings (SSSR count). The molecule has 3 atom stereocenters. The van der Waals surface area contributed by atoms with E-state index < -0.39 is 47.0 Å². The number of hydrogen-bond acceptors (Lipinski definition) is 5. The molecule has 5 N–H and O–H groups in total. The van der Waals surface area contributed by atoms with Crippen molar-refractivity contribution in [3.05, 3.63) is 71.9 Å². The minimum atomic E-state index is -1.24. The summed E-state index contributed by atoms with van der Waals surface area (Å²) in [5.74, 6) is -3.52. The molecule has 3 aromatic rings. The first-order valence-electron chi connectivity index (χ1n) is 13.4. The fourth-order valence-electron chi connectivity index (χ4n) is 4.71. The number of Topliss-reactive ketones (excluding diaryl/α,β-unsaturated/α-hetero) is 1. The molecule has 0 saturated carbocycles. The van der Waals surface area contributed by atoms with Gasteiger partial charge in [-0.15, -0.1) is 0 Å². The van der Waals surface area contributed by atoms with Crippen molar-refractivity contribution < 1.29 is 24.0 Å². The Bertz CT molecular complexity index is 1410. The maximum absolute atomic E-state index is 13.6. The van der Waals surface area contributed by atoms with Crippen molar-refractivity contribution in [2.24, 2.45) is 5.92 Å². The molecular weight excluding hydrogens is 510 g/mol. The van der Waals surface area contributed by atoms with Gasteiger partial charge in [0.05, 0.1) is 6.04 Å². The van der Waals surface area contributed by atoms with Gasteiger partial charge in [-0.3, -0.25) is 24.0 Å². The quantitative estimate of drug-likeness (QED) is 0.247. The van der Waals surface area contributed by atoms with Crippen molar-refractivity contribution in [1.29, 1.82) is 0 Å². The Kier molecular flexibility index (Phi) is 8.67. The van der Waals surface area contributed by atoms with E-state index in [1.54, 1.807) is 45.2 Å². The van der Waals surface area contributed by atoms with Crippen LogP contribution >= 0.6 is 0 Å². The Balaban J connectivity index is 1.57. The number of carbonyl (C=O) groups excluding carboxylic acids is 5. The number of ketones is 1. The monoisotopic (exact) mass is 545 g/mol. The van der Waals surface area contributed by atoms with Crippen LogP contribution in [0.3, 0.4) is 0 Å². The van der Waals surface area contributed by atoms with Gasteiger partial charge in [0.2, 0.25) is 17.6 Å². The van der Waals surface area contributed by atoms with Crippen LogP contribution < -0.4 is 21.3 Å². The van der Waals surface area contributed by atoms with Crippen LogP contribution in [-0.2, 0) is 25.6 Å². The predicted octanol–water partition coefficient (Wildman–Crippen LogP) is 2.00. The number of rotatable bonds is 10. The average molecular weight is 546 g/mol. The summed E-state index contributed by atoms with van der Waals surface area (Å²) in [6.45, 7) is 5.69. The third-order valence-electron chi connectivity index (χ3n) is 6.75. The summed E-state index contributed by atoms with van der Waals surface area (Å²) in [6, 6.07) is 13.9. The molecule has 1 saturated heterocycles. The van der Waals surface area contributed by atoms with E-state index in [-0.39, 0.29) is 18.7 Å². The molecule has 1 aromatic heterocycles. The van der Waals surface area contributed by atoms with Gasteiger partial charge in [0, 0.05) is 47.1 Å². The number of carbonyl (C=O) groups is 5. The third kappa shape index (κ3) is 7.34. The molecule has 2 heterocycles. The Morgan fingerprint density at radius 1 is 0.975 bits per heavy atom. The van der Waals surface area contributed by atoms with Gasteiger partial charge < -0.3 is 26.3 Å². The number of fused-ring (bicyclic) bond motifs is 1. The summed E-state index contributed by atoms with van der Waals surface area (Å²) in [4.78, 5) is 68.2. The standard InChI is InChI=1S/C30H35N5O5/c1-30(2,3)35-29(40)25(36)23(17-21-12-14-32-26(21)37)33-28(39)24(15-18-7-5-4-6-8-18)34-27(38)20-9-10-22-19(16-20)11-13-31-22/h4-11,13,16,21,23-24,31H,12,14-15,17H2,1-3H3,(H,32,37)(H,33,39)(H,34,38)(H,35,40)/t21-,23-,24-/m0/s1. The molecule has 210 valence electrons. The molecule has 0 bridgehead atoms. The van der Waals surface area contributed by atoms with E-state index in [0.29, 0.717) is 18.5 Å². The van der Waals surface area contributed by atoms with Crippen LogP contribution in [0.1, 0.15) is 49.5 Å². The van der Waals surface area contributed by atoms with Crippen molar-refractivity contribution in [3.8, 4) is 0 Å². The second-order valence-electron chi connectivity index (χ2n) is 11.1. The summed E-state index contributed by atoms with van der Waals surface area (Å²) >= 11 is 0. The summed E-state index contributed by atoms with van der Waals surface area (Å²) in [6.07, 6.45) is 2.40. The van der Waals surface area contributed by atoms with Crippen molar-refractivity contribution in [1.82, 2.24) is 26.3 Å². The lowest BCUT2D eigenvalue weighted by molar-refractivity contribution is -0.141. The summed E-state index contributed by atoms with van der Waals surface area (Å²) in [5.41, 5.74) is 1.38. The van der Waals surface area contributed by atoms with Crippen LogP contribution in [0.4, 0.5) is 0 Å². The number of amides is 4. The molecule has 2 aromatic carbocycles. The Morgan fingerprint density at radius 3 is 2.40 bits per heavy atom. The predicted molar refractivity (Wildman–Crippen MR) is 150 cm³/mol. The number of benzene rings is 2. The van der Waals surface area contributed by atoms with E-state index in [9.17, 15) is 24.0 Å². The Hall–Kier alpha value is -4.47. The molecule has 10 nitrogen and oxygen atoms in total. The molecule has 1 aliphatic heterocycles. The highest BCUT2D eigenvalue weighted by atomic mass is 16.2. The second kappa shape index (κ2) is 12.1. The molecule has 4 amide bonds. The molecule has 1 aliphatic rings. The molecular formula is C30H35N5O5. The smallest absolute Gasteiger partial charge is 0.290 e. The number of H-pyrrole nitrogens is 1. The summed E-state index contributed by atoms with van der Waals surface area (Å²) in [7, 11) is 0. The highest BCUT2D eigenvalue weighted by Crippen LogP contribution is 2.18. The maximum Gasteiger partial charge on any atom is 0.290 e. The fraction of sp³-hybridized carbons (Fsp3) is 0.367. The summed E-state index contributed by atoms with van der Waals surface area (Å²) < 4.78 is 0. The van der Waals surface area contributed by atoms with Crippen molar-refractivity contribution in [2.75, 3.05) is 6.54 Å². The average Bonchev–Trinajstić information content (AvgIpc) is 3.55. The Morgan fingerprint density at radius 2 is 1.73 bits per heavy atom. The van der Waals surface area contributed by atoms with Crippen molar-refractivity contribution in [2.45, 2.75) is 57.7 Å². The van der Waals surface area contributed by atoms with Gasteiger partial charge >= 0.3 is 0 Å². The van der Waals surface area contributed by atoms with E-state index >= 15 is 0 Å². The van der Waals surface area contributed by atoms with Crippen LogP contribution in [-0.4, -0.2) is 58.6 Å². The number of aromatic amines is 1. The van der Waals surface area contributed by atoms with E-state index in [0.717, 1.165) is 16.5 Å². The maximum atomic E-state index is 13.6. The molecule has 10 heteroatoms. The molecule has 0 aliphatic carbocycles. The zero-order valence-electron chi connectivity index (χ0n) is 22.9. The highest BCUT2D eigenvalue weighted by Gasteiger charge is 2.36. The van der Waals surface area contributed by atoms with E-state index in [1.165, 1.54) is 0 Å². The topological polar surface area (TPSA) is 149 Å². The van der Waals surface area contributed by atoms with Gasteiger partial charge in [0.1, 0.15) is 6.04 Å². The van der Waals surface area contributed by atoms with Gasteiger partial charge in [0.25, 0.3) is 11.8 Å². The summed E-state index contributed by atoms with van der Waals surface area (Å²) in [5, 5.41) is 11.7.